The minimum atomic E-state index is -0.480. The molecule has 2 saturated heterocycles. The minimum absolute atomic E-state index is 0.131. The van der Waals surface area contributed by atoms with Gasteiger partial charge in [0.1, 0.15) is 11.1 Å². The molecule has 2 fully saturated rings. The van der Waals surface area contributed by atoms with Crippen molar-refractivity contribution in [3.63, 3.8) is 0 Å². The number of halogens is 1. The van der Waals surface area contributed by atoms with E-state index in [1.807, 2.05) is 44.7 Å². The third kappa shape index (κ3) is 3.53. The number of ether oxygens (including phenoxy) is 1. The number of benzene rings is 1. The van der Waals surface area contributed by atoms with Crippen LogP contribution in [0.1, 0.15) is 45.6 Å². The number of hydrogen-bond acceptors (Lipinski definition) is 5. The zero-order chi connectivity index (χ0) is 19.3. The van der Waals surface area contributed by atoms with Crippen LogP contribution in [0.25, 0.3) is 11.1 Å². The number of aryl methyl sites for hydroxylation is 1. The number of piperidine rings is 1. The largest absolute Gasteiger partial charge is 0.444 e. The molecule has 2 bridgehead atoms. The Balaban J connectivity index is 1.59. The third-order valence-corrected chi connectivity index (χ3v) is 5.91. The Morgan fingerprint density at radius 3 is 2.52 bits per heavy atom. The Morgan fingerprint density at radius 2 is 1.93 bits per heavy atom. The van der Waals surface area contributed by atoms with E-state index >= 15 is 0 Å². The topological polar surface area (TPSA) is 58.8 Å². The molecule has 4 rings (SSSR count). The maximum absolute atomic E-state index is 12.7. The fourth-order valence-electron chi connectivity index (χ4n) is 4.10. The number of rotatable bonds is 1. The number of anilines is 1. The zero-order valence-corrected chi connectivity index (χ0v) is 17.9. The quantitative estimate of drug-likeness (QED) is 0.638. The number of carbonyl (C=O) groups excluding carboxylic acids is 1. The number of oxazole rings is 1. The van der Waals surface area contributed by atoms with Gasteiger partial charge in [-0.25, -0.2) is 4.79 Å². The summed E-state index contributed by atoms with van der Waals surface area (Å²) >= 11 is 3.55. The SMILES string of the molecule is Cc1ccc(Br)c2oc(N3CC4CCCC(C3)N4C(=O)OC(C)(C)C)nc12. The molecule has 2 unspecified atom stereocenters. The van der Waals surface area contributed by atoms with E-state index in [1.54, 1.807) is 0 Å². The highest BCUT2D eigenvalue weighted by Crippen LogP contribution is 2.35. The number of nitrogens with zero attached hydrogens (tertiary/aromatic N) is 3. The van der Waals surface area contributed by atoms with E-state index in [1.165, 1.54) is 0 Å². The summed E-state index contributed by atoms with van der Waals surface area (Å²) in [4.78, 5) is 21.6. The highest BCUT2D eigenvalue weighted by molar-refractivity contribution is 9.10. The lowest BCUT2D eigenvalue weighted by Crippen LogP contribution is -2.63. The predicted molar refractivity (Wildman–Crippen MR) is 108 cm³/mol. The van der Waals surface area contributed by atoms with Crippen molar-refractivity contribution >= 4 is 39.1 Å². The molecule has 2 atom stereocenters. The molecule has 1 amide bonds. The van der Waals surface area contributed by atoms with E-state index in [9.17, 15) is 4.79 Å². The Morgan fingerprint density at radius 1 is 1.26 bits per heavy atom. The van der Waals surface area contributed by atoms with Gasteiger partial charge in [0.25, 0.3) is 6.01 Å². The van der Waals surface area contributed by atoms with Crippen LogP contribution in [0.3, 0.4) is 0 Å². The maximum atomic E-state index is 12.7. The molecule has 7 heteroatoms. The Labute approximate surface area is 168 Å². The van der Waals surface area contributed by atoms with Crippen molar-refractivity contribution in [3.8, 4) is 0 Å². The fraction of sp³-hybridized carbons (Fsp3) is 0.600. The van der Waals surface area contributed by atoms with Crippen molar-refractivity contribution in [1.82, 2.24) is 9.88 Å². The third-order valence-electron chi connectivity index (χ3n) is 5.28. The van der Waals surface area contributed by atoms with E-state index in [0.29, 0.717) is 6.01 Å². The van der Waals surface area contributed by atoms with E-state index in [-0.39, 0.29) is 18.2 Å². The highest BCUT2D eigenvalue weighted by Gasteiger charge is 2.43. The second-order valence-corrected chi connectivity index (χ2v) is 9.42. The predicted octanol–water partition coefficient (Wildman–Crippen LogP) is 4.88. The molecule has 0 radical (unpaired) electrons. The lowest BCUT2D eigenvalue weighted by molar-refractivity contribution is -0.0102. The summed E-state index contributed by atoms with van der Waals surface area (Å²) in [5.41, 5.74) is 2.28. The van der Waals surface area contributed by atoms with Crippen molar-refractivity contribution in [2.75, 3.05) is 18.0 Å². The first-order valence-corrected chi connectivity index (χ1v) is 10.3. The average molecular weight is 436 g/mol. The molecular weight excluding hydrogens is 410 g/mol. The number of aromatic nitrogens is 1. The highest BCUT2D eigenvalue weighted by atomic mass is 79.9. The first-order valence-electron chi connectivity index (χ1n) is 9.55. The summed E-state index contributed by atoms with van der Waals surface area (Å²) in [7, 11) is 0. The number of piperazine rings is 1. The van der Waals surface area contributed by atoms with Gasteiger partial charge in [-0.15, -0.1) is 0 Å². The second-order valence-electron chi connectivity index (χ2n) is 8.57. The molecular formula is C20H26BrN3O3. The van der Waals surface area contributed by atoms with Gasteiger partial charge >= 0.3 is 6.09 Å². The van der Waals surface area contributed by atoms with Gasteiger partial charge in [0.2, 0.25) is 0 Å². The van der Waals surface area contributed by atoms with E-state index < -0.39 is 5.60 Å². The summed E-state index contributed by atoms with van der Waals surface area (Å²) < 4.78 is 12.7. The molecule has 6 nitrogen and oxygen atoms in total. The van der Waals surface area contributed by atoms with Gasteiger partial charge < -0.3 is 14.1 Å². The molecule has 3 heterocycles. The lowest BCUT2D eigenvalue weighted by atomic mass is 9.92. The molecule has 0 aliphatic carbocycles. The van der Waals surface area contributed by atoms with E-state index in [4.69, 9.17) is 14.1 Å². The molecule has 2 aromatic rings. The van der Waals surface area contributed by atoms with Gasteiger partial charge in [-0.1, -0.05) is 6.07 Å². The molecule has 2 aliphatic heterocycles. The molecule has 0 saturated carbocycles. The van der Waals surface area contributed by atoms with Crippen molar-refractivity contribution in [3.05, 3.63) is 22.2 Å². The Kier molecular flexibility index (Phi) is 4.61. The molecule has 0 N–H and O–H groups in total. The maximum Gasteiger partial charge on any atom is 0.410 e. The summed E-state index contributed by atoms with van der Waals surface area (Å²) in [6.45, 7) is 9.22. The van der Waals surface area contributed by atoms with Crippen LogP contribution in [-0.4, -0.2) is 46.8 Å². The molecule has 2 aliphatic rings. The van der Waals surface area contributed by atoms with E-state index in [0.717, 1.165) is 53.5 Å². The van der Waals surface area contributed by atoms with Gasteiger partial charge in [0.15, 0.2) is 5.58 Å². The van der Waals surface area contributed by atoms with Crippen molar-refractivity contribution in [1.29, 1.82) is 0 Å². The molecule has 0 spiro atoms. The number of carbonyl (C=O) groups is 1. The normalized spacial score (nSPS) is 23.0. The Bertz CT molecular complexity index is 820. The van der Waals surface area contributed by atoms with Crippen LogP contribution >= 0.6 is 15.9 Å². The summed E-state index contributed by atoms with van der Waals surface area (Å²) in [5, 5.41) is 0. The molecule has 1 aromatic carbocycles. The number of amides is 1. The van der Waals surface area contributed by atoms with Gasteiger partial charge in [0.05, 0.1) is 16.6 Å². The smallest absolute Gasteiger partial charge is 0.410 e. The molecule has 27 heavy (non-hydrogen) atoms. The lowest BCUT2D eigenvalue weighted by Gasteiger charge is -2.49. The average Bonchev–Trinajstić information content (AvgIpc) is 3.02. The van der Waals surface area contributed by atoms with Crippen molar-refractivity contribution in [2.24, 2.45) is 0 Å². The molecule has 146 valence electrons. The van der Waals surface area contributed by atoms with Crippen LogP contribution in [0.2, 0.25) is 0 Å². The Hall–Kier alpha value is -1.76. The van der Waals surface area contributed by atoms with Gasteiger partial charge in [-0.05, 0) is 74.5 Å². The first kappa shape index (κ1) is 18.6. The molecule has 1 aromatic heterocycles. The van der Waals surface area contributed by atoms with E-state index in [2.05, 4.69) is 20.8 Å². The zero-order valence-electron chi connectivity index (χ0n) is 16.3. The van der Waals surface area contributed by atoms with Crippen molar-refractivity contribution in [2.45, 2.75) is 64.6 Å². The van der Waals surface area contributed by atoms with Crippen LogP contribution in [0.15, 0.2) is 21.0 Å². The second kappa shape index (κ2) is 6.69. The van der Waals surface area contributed by atoms with Crippen LogP contribution < -0.4 is 4.90 Å². The number of fused-ring (bicyclic) bond motifs is 3. The summed E-state index contributed by atoms with van der Waals surface area (Å²) in [6.07, 6.45) is 2.90. The van der Waals surface area contributed by atoms with Crippen LogP contribution in [-0.2, 0) is 4.74 Å². The summed E-state index contributed by atoms with van der Waals surface area (Å²) in [5.74, 6) is 0. The van der Waals surface area contributed by atoms with Crippen LogP contribution in [0.4, 0.5) is 10.8 Å². The fourth-order valence-corrected chi connectivity index (χ4v) is 4.50. The van der Waals surface area contributed by atoms with Gasteiger partial charge in [-0.2, -0.15) is 4.98 Å². The number of hydrogen-bond donors (Lipinski definition) is 0. The van der Waals surface area contributed by atoms with Crippen LogP contribution in [0.5, 0.6) is 0 Å². The van der Waals surface area contributed by atoms with Gasteiger partial charge in [0, 0.05) is 13.1 Å². The monoisotopic (exact) mass is 435 g/mol. The summed E-state index contributed by atoms with van der Waals surface area (Å²) in [6, 6.07) is 4.93. The standard InChI is InChI=1S/C20H26BrN3O3/c1-12-8-9-15(21)17-16(12)22-18(26-17)23-10-13-6-5-7-14(11-23)24(13)19(25)27-20(2,3)4/h8-9,13-14H,5-7,10-11H2,1-4H3. The van der Waals surface area contributed by atoms with Crippen molar-refractivity contribution < 1.29 is 13.9 Å². The first-order chi connectivity index (χ1) is 12.7. The van der Waals surface area contributed by atoms with Crippen LogP contribution in [0, 0.1) is 6.92 Å². The minimum Gasteiger partial charge on any atom is -0.444 e. The van der Waals surface area contributed by atoms with Gasteiger partial charge in [-0.3, -0.25) is 4.90 Å².